The van der Waals surface area contributed by atoms with Crippen molar-refractivity contribution in [3.8, 4) is 34.4 Å². The summed E-state index contributed by atoms with van der Waals surface area (Å²) in [5, 5.41) is 9.87. The standard InChI is InChI=1S/C25H23FN4O2/c26-18-10-6-16(7-11-18)22-23(30-24(29-22)17-8-12-19(31)13-9-17)21-14-15-27-25(28-21)32-20-4-2-1-3-5-20/h1-7,10-11,14-15,17,19,31H,8-9,12-13H2,(H,29,30). The second-order valence-electron chi connectivity index (χ2n) is 8.00. The molecule has 5 rings (SSSR count). The van der Waals surface area contributed by atoms with Crippen LogP contribution in [0.2, 0.25) is 0 Å². The fraction of sp³-hybridized carbons (Fsp3) is 0.240. The number of hydrogen-bond acceptors (Lipinski definition) is 5. The maximum absolute atomic E-state index is 13.5. The highest BCUT2D eigenvalue weighted by Gasteiger charge is 2.26. The molecule has 2 N–H and O–H groups in total. The van der Waals surface area contributed by atoms with Crippen molar-refractivity contribution in [2.24, 2.45) is 0 Å². The summed E-state index contributed by atoms with van der Waals surface area (Å²) in [6, 6.07) is 17.7. The van der Waals surface area contributed by atoms with Crippen LogP contribution in [-0.4, -0.2) is 31.1 Å². The number of ether oxygens (including phenoxy) is 1. The maximum Gasteiger partial charge on any atom is 0.322 e. The van der Waals surface area contributed by atoms with Gasteiger partial charge in [0.15, 0.2) is 0 Å². The number of H-pyrrole nitrogens is 1. The van der Waals surface area contributed by atoms with Crippen molar-refractivity contribution in [3.05, 3.63) is 78.5 Å². The number of aliphatic hydroxyl groups is 1. The van der Waals surface area contributed by atoms with Gasteiger partial charge in [-0.25, -0.2) is 14.4 Å². The number of aliphatic hydroxyl groups excluding tert-OH is 1. The number of nitrogens with zero attached hydrogens (tertiary/aromatic N) is 3. The lowest BCUT2D eigenvalue weighted by molar-refractivity contribution is 0.121. The van der Waals surface area contributed by atoms with Crippen LogP contribution in [0.25, 0.3) is 22.6 Å². The second kappa shape index (κ2) is 8.88. The zero-order valence-corrected chi connectivity index (χ0v) is 17.4. The lowest BCUT2D eigenvalue weighted by Gasteiger charge is -2.23. The van der Waals surface area contributed by atoms with Gasteiger partial charge in [-0.3, -0.25) is 0 Å². The quantitative estimate of drug-likeness (QED) is 0.438. The number of aromatic amines is 1. The van der Waals surface area contributed by atoms with Gasteiger partial charge in [0, 0.05) is 17.7 Å². The van der Waals surface area contributed by atoms with Crippen LogP contribution >= 0.6 is 0 Å². The topological polar surface area (TPSA) is 83.9 Å². The molecule has 2 heterocycles. The van der Waals surface area contributed by atoms with Crippen LogP contribution in [0.15, 0.2) is 66.9 Å². The molecule has 162 valence electrons. The summed E-state index contributed by atoms with van der Waals surface area (Å²) in [6.45, 7) is 0. The van der Waals surface area contributed by atoms with E-state index in [1.54, 1.807) is 24.4 Å². The van der Waals surface area contributed by atoms with Gasteiger partial charge < -0.3 is 14.8 Å². The highest BCUT2D eigenvalue weighted by molar-refractivity contribution is 5.76. The minimum Gasteiger partial charge on any atom is -0.424 e. The molecule has 32 heavy (non-hydrogen) atoms. The van der Waals surface area contributed by atoms with Gasteiger partial charge >= 0.3 is 6.01 Å². The first-order valence-corrected chi connectivity index (χ1v) is 10.8. The van der Waals surface area contributed by atoms with Gasteiger partial charge in [0.1, 0.15) is 17.4 Å². The molecule has 0 atom stereocenters. The van der Waals surface area contributed by atoms with E-state index >= 15 is 0 Å². The van der Waals surface area contributed by atoms with E-state index in [-0.39, 0.29) is 23.8 Å². The van der Waals surface area contributed by atoms with E-state index in [9.17, 15) is 9.50 Å². The third-order valence-electron chi connectivity index (χ3n) is 5.77. The average Bonchev–Trinajstić information content (AvgIpc) is 3.26. The largest absolute Gasteiger partial charge is 0.424 e. The van der Waals surface area contributed by atoms with Crippen LogP contribution in [0.5, 0.6) is 11.8 Å². The zero-order chi connectivity index (χ0) is 21.9. The molecule has 0 aliphatic heterocycles. The van der Waals surface area contributed by atoms with E-state index in [4.69, 9.17) is 9.72 Å². The predicted molar refractivity (Wildman–Crippen MR) is 119 cm³/mol. The van der Waals surface area contributed by atoms with Crippen molar-refractivity contribution in [2.45, 2.75) is 37.7 Å². The molecular formula is C25H23FN4O2. The maximum atomic E-state index is 13.5. The summed E-state index contributed by atoms with van der Waals surface area (Å²) < 4.78 is 19.3. The van der Waals surface area contributed by atoms with Gasteiger partial charge in [0.05, 0.1) is 23.2 Å². The van der Waals surface area contributed by atoms with Crippen LogP contribution in [0, 0.1) is 5.82 Å². The fourth-order valence-corrected chi connectivity index (χ4v) is 4.06. The Kier molecular flexibility index (Phi) is 5.64. The van der Waals surface area contributed by atoms with Gasteiger partial charge in [-0.1, -0.05) is 18.2 Å². The van der Waals surface area contributed by atoms with E-state index < -0.39 is 0 Å². The minimum atomic E-state index is -0.298. The summed E-state index contributed by atoms with van der Waals surface area (Å²) in [5.74, 6) is 1.44. The third kappa shape index (κ3) is 4.38. The summed E-state index contributed by atoms with van der Waals surface area (Å²) >= 11 is 0. The van der Waals surface area contributed by atoms with Crippen molar-refractivity contribution >= 4 is 0 Å². The lowest BCUT2D eigenvalue weighted by Crippen LogP contribution is -2.17. The number of hydrogen-bond donors (Lipinski definition) is 2. The second-order valence-corrected chi connectivity index (χ2v) is 8.00. The molecular weight excluding hydrogens is 407 g/mol. The molecule has 4 aromatic rings. The van der Waals surface area contributed by atoms with Gasteiger partial charge in [-0.2, -0.15) is 4.98 Å². The fourth-order valence-electron chi connectivity index (χ4n) is 4.06. The molecule has 2 aromatic carbocycles. The Balaban J connectivity index is 1.53. The molecule has 7 heteroatoms. The van der Waals surface area contributed by atoms with Gasteiger partial charge in [-0.15, -0.1) is 0 Å². The summed E-state index contributed by atoms with van der Waals surface area (Å²) in [5.41, 5.74) is 2.87. The number of rotatable bonds is 5. The number of imidazole rings is 1. The van der Waals surface area contributed by atoms with E-state index in [0.29, 0.717) is 17.1 Å². The first kappa shape index (κ1) is 20.3. The normalized spacial score (nSPS) is 18.4. The van der Waals surface area contributed by atoms with Crippen LogP contribution in [-0.2, 0) is 0 Å². The molecule has 0 amide bonds. The Hall–Kier alpha value is -3.58. The van der Waals surface area contributed by atoms with E-state index in [1.165, 1.54) is 12.1 Å². The van der Waals surface area contributed by atoms with Crippen molar-refractivity contribution in [2.75, 3.05) is 0 Å². The van der Waals surface area contributed by atoms with Crippen LogP contribution in [0.3, 0.4) is 0 Å². The third-order valence-corrected chi connectivity index (χ3v) is 5.77. The summed E-state index contributed by atoms with van der Waals surface area (Å²) in [6.07, 6.45) is 4.65. The summed E-state index contributed by atoms with van der Waals surface area (Å²) in [4.78, 5) is 17.2. The Labute approximate surface area is 185 Å². The van der Waals surface area contributed by atoms with Crippen LogP contribution < -0.4 is 4.74 Å². The number of aromatic nitrogens is 4. The van der Waals surface area contributed by atoms with Crippen LogP contribution in [0.4, 0.5) is 4.39 Å². The van der Waals surface area contributed by atoms with Crippen molar-refractivity contribution in [1.29, 1.82) is 0 Å². The van der Waals surface area contributed by atoms with Gasteiger partial charge in [-0.05, 0) is 68.1 Å². The SMILES string of the molecule is OC1CCC(c2nc(-c3ccc(F)cc3)c(-c3ccnc(Oc4ccccc4)n3)[nH]2)CC1. The number of halogens is 1. The molecule has 0 spiro atoms. The van der Waals surface area contributed by atoms with Crippen molar-refractivity contribution in [1.82, 2.24) is 19.9 Å². The first-order chi connectivity index (χ1) is 15.7. The first-order valence-electron chi connectivity index (χ1n) is 10.8. The average molecular weight is 430 g/mol. The molecule has 2 aromatic heterocycles. The number of nitrogens with one attached hydrogen (secondary N) is 1. The molecule has 1 saturated carbocycles. The van der Waals surface area contributed by atoms with Gasteiger partial charge in [0.25, 0.3) is 0 Å². The molecule has 0 bridgehead atoms. The van der Waals surface area contributed by atoms with E-state index in [0.717, 1.165) is 42.8 Å². The molecule has 0 unspecified atom stereocenters. The molecule has 1 aliphatic rings. The highest BCUT2D eigenvalue weighted by Crippen LogP contribution is 2.36. The molecule has 1 fully saturated rings. The zero-order valence-electron chi connectivity index (χ0n) is 17.4. The smallest absolute Gasteiger partial charge is 0.322 e. The van der Waals surface area contributed by atoms with E-state index in [1.807, 2.05) is 30.3 Å². The van der Waals surface area contributed by atoms with Crippen molar-refractivity contribution in [3.63, 3.8) is 0 Å². The molecule has 1 aliphatic carbocycles. The van der Waals surface area contributed by atoms with Crippen molar-refractivity contribution < 1.29 is 14.2 Å². The molecule has 0 radical (unpaired) electrons. The Morgan fingerprint density at radius 1 is 0.906 bits per heavy atom. The highest BCUT2D eigenvalue weighted by atomic mass is 19.1. The number of benzene rings is 2. The van der Waals surface area contributed by atoms with Crippen LogP contribution in [0.1, 0.15) is 37.4 Å². The Morgan fingerprint density at radius 3 is 2.41 bits per heavy atom. The predicted octanol–water partition coefficient (Wildman–Crippen LogP) is 5.48. The minimum absolute atomic E-state index is 0.230. The monoisotopic (exact) mass is 430 g/mol. The Morgan fingerprint density at radius 2 is 1.66 bits per heavy atom. The van der Waals surface area contributed by atoms with Gasteiger partial charge in [0.2, 0.25) is 0 Å². The number of para-hydroxylation sites is 1. The lowest BCUT2D eigenvalue weighted by atomic mass is 9.87. The summed E-state index contributed by atoms with van der Waals surface area (Å²) in [7, 11) is 0. The van der Waals surface area contributed by atoms with E-state index in [2.05, 4.69) is 15.0 Å². The molecule has 6 nitrogen and oxygen atoms in total. The molecule has 0 saturated heterocycles. The Bertz CT molecular complexity index is 1190.